The van der Waals surface area contributed by atoms with Crippen molar-refractivity contribution in [2.45, 2.75) is 20.1 Å². The van der Waals surface area contributed by atoms with Crippen molar-refractivity contribution in [2.75, 3.05) is 14.2 Å². The van der Waals surface area contributed by atoms with Gasteiger partial charge < -0.3 is 19.3 Å². The number of hydrogen-bond acceptors (Lipinski definition) is 5. The molecule has 5 heteroatoms. The van der Waals surface area contributed by atoms with Crippen LogP contribution in [-0.2, 0) is 13.2 Å². The van der Waals surface area contributed by atoms with Crippen LogP contribution >= 0.6 is 0 Å². The van der Waals surface area contributed by atoms with Crippen molar-refractivity contribution in [2.24, 2.45) is 0 Å². The molecule has 0 saturated carbocycles. The van der Waals surface area contributed by atoms with Crippen molar-refractivity contribution in [3.05, 3.63) is 47.3 Å². The Morgan fingerprint density at radius 2 is 1.67 bits per heavy atom. The van der Waals surface area contributed by atoms with Gasteiger partial charge in [-0.05, 0) is 36.2 Å². The van der Waals surface area contributed by atoms with Crippen LogP contribution in [0.1, 0.15) is 16.7 Å². The molecule has 2 aromatic rings. The largest absolute Gasteiger partial charge is 0.493 e. The van der Waals surface area contributed by atoms with Gasteiger partial charge in [-0.2, -0.15) is 0 Å². The highest BCUT2D eigenvalue weighted by atomic mass is 16.5. The van der Waals surface area contributed by atoms with Crippen molar-refractivity contribution in [3.8, 4) is 17.2 Å². The number of aromatic nitrogens is 1. The third-order valence-corrected chi connectivity index (χ3v) is 3.02. The zero-order valence-electron chi connectivity index (χ0n) is 12.4. The van der Waals surface area contributed by atoms with Crippen LogP contribution in [0.5, 0.6) is 17.2 Å². The van der Waals surface area contributed by atoms with Crippen LogP contribution in [-0.4, -0.2) is 24.3 Å². The summed E-state index contributed by atoms with van der Waals surface area (Å²) >= 11 is 0. The van der Waals surface area contributed by atoms with Gasteiger partial charge >= 0.3 is 0 Å². The van der Waals surface area contributed by atoms with E-state index in [4.69, 9.17) is 14.2 Å². The first-order valence-electron chi connectivity index (χ1n) is 6.57. The Morgan fingerprint density at radius 1 is 1.00 bits per heavy atom. The fourth-order valence-electron chi connectivity index (χ4n) is 2.02. The van der Waals surface area contributed by atoms with E-state index in [9.17, 15) is 5.11 Å². The van der Waals surface area contributed by atoms with Crippen molar-refractivity contribution >= 4 is 0 Å². The van der Waals surface area contributed by atoms with Gasteiger partial charge in [0.05, 0.1) is 20.8 Å². The molecule has 0 aliphatic rings. The SMILES string of the molecule is COc1cc(CO)cc(OC)c1OCc1cncc(C)c1. The van der Waals surface area contributed by atoms with Crippen LogP contribution in [0, 0.1) is 6.92 Å². The van der Waals surface area contributed by atoms with Crippen LogP contribution in [0.2, 0.25) is 0 Å². The predicted octanol–water partition coefficient (Wildman–Crippen LogP) is 2.48. The molecule has 0 amide bonds. The third kappa shape index (κ3) is 3.64. The Hall–Kier alpha value is -2.27. The molecule has 0 unspecified atom stereocenters. The first-order chi connectivity index (χ1) is 10.2. The van der Waals surface area contributed by atoms with Crippen molar-refractivity contribution < 1.29 is 19.3 Å². The van der Waals surface area contributed by atoms with E-state index in [1.807, 2.05) is 13.0 Å². The maximum Gasteiger partial charge on any atom is 0.203 e. The molecule has 5 nitrogen and oxygen atoms in total. The Morgan fingerprint density at radius 3 is 2.19 bits per heavy atom. The van der Waals surface area contributed by atoms with Crippen LogP contribution in [0.25, 0.3) is 0 Å². The summed E-state index contributed by atoms with van der Waals surface area (Å²) in [7, 11) is 3.11. The molecule has 0 spiro atoms. The van der Waals surface area contributed by atoms with E-state index >= 15 is 0 Å². The van der Waals surface area contributed by atoms with Gasteiger partial charge in [0.25, 0.3) is 0 Å². The van der Waals surface area contributed by atoms with E-state index < -0.39 is 0 Å². The van der Waals surface area contributed by atoms with Gasteiger partial charge in [0.2, 0.25) is 5.75 Å². The van der Waals surface area contributed by atoms with Crippen molar-refractivity contribution in [3.63, 3.8) is 0 Å². The molecule has 1 heterocycles. The zero-order valence-corrected chi connectivity index (χ0v) is 12.4. The van der Waals surface area contributed by atoms with E-state index in [2.05, 4.69) is 4.98 Å². The van der Waals surface area contributed by atoms with Gasteiger partial charge in [-0.15, -0.1) is 0 Å². The Kier molecular flexibility index (Phi) is 5.00. The normalized spacial score (nSPS) is 10.3. The Bertz CT molecular complexity index is 588. The molecule has 0 radical (unpaired) electrons. The minimum absolute atomic E-state index is 0.0885. The lowest BCUT2D eigenvalue weighted by molar-refractivity contribution is 0.260. The second kappa shape index (κ2) is 6.95. The number of aliphatic hydroxyl groups excluding tert-OH is 1. The van der Waals surface area contributed by atoms with Crippen LogP contribution in [0.15, 0.2) is 30.6 Å². The molecule has 0 aliphatic carbocycles. The van der Waals surface area contributed by atoms with Gasteiger partial charge in [-0.25, -0.2) is 0 Å². The summed E-state index contributed by atoms with van der Waals surface area (Å²) in [5.41, 5.74) is 2.74. The van der Waals surface area contributed by atoms with Crippen LogP contribution < -0.4 is 14.2 Å². The highest BCUT2D eigenvalue weighted by Gasteiger charge is 2.14. The summed E-state index contributed by atoms with van der Waals surface area (Å²) in [6.07, 6.45) is 3.55. The summed E-state index contributed by atoms with van der Waals surface area (Å²) in [5.74, 6) is 1.57. The predicted molar refractivity (Wildman–Crippen MR) is 78.8 cm³/mol. The summed E-state index contributed by atoms with van der Waals surface area (Å²) < 4.78 is 16.4. The van der Waals surface area contributed by atoms with Crippen LogP contribution in [0.3, 0.4) is 0 Å². The van der Waals surface area contributed by atoms with Crippen molar-refractivity contribution in [1.82, 2.24) is 4.98 Å². The second-order valence-electron chi connectivity index (χ2n) is 4.65. The molecular formula is C16H19NO4. The summed E-state index contributed by atoms with van der Waals surface area (Å²) in [4.78, 5) is 4.13. The number of hydrogen-bond donors (Lipinski definition) is 1. The molecule has 0 bridgehead atoms. The van der Waals surface area contributed by atoms with Gasteiger partial charge in [-0.3, -0.25) is 4.98 Å². The van der Waals surface area contributed by atoms with Gasteiger partial charge in [0.1, 0.15) is 6.61 Å². The molecule has 0 fully saturated rings. The van der Waals surface area contributed by atoms with Gasteiger partial charge in [0.15, 0.2) is 11.5 Å². The van der Waals surface area contributed by atoms with E-state index in [0.717, 1.165) is 11.1 Å². The molecule has 2 rings (SSSR count). The van der Waals surface area contributed by atoms with Gasteiger partial charge in [-0.1, -0.05) is 0 Å². The lowest BCUT2D eigenvalue weighted by atomic mass is 10.2. The number of aliphatic hydroxyl groups is 1. The fraction of sp³-hybridized carbons (Fsp3) is 0.312. The number of nitrogens with zero attached hydrogens (tertiary/aromatic N) is 1. The zero-order chi connectivity index (χ0) is 15.2. The number of methoxy groups -OCH3 is 2. The molecule has 1 N–H and O–H groups in total. The average Bonchev–Trinajstić information content (AvgIpc) is 2.52. The molecule has 21 heavy (non-hydrogen) atoms. The molecule has 0 aliphatic heterocycles. The Labute approximate surface area is 124 Å². The number of benzene rings is 1. The topological polar surface area (TPSA) is 60.8 Å². The summed E-state index contributed by atoms with van der Waals surface area (Å²) in [6.45, 7) is 2.25. The molecule has 0 saturated heterocycles. The molecule has 0 atom stereocenters. The Balaban J connectivity index is 2.26. The van der Waals surface area contributed by atoms with Gasteiger partial charge in [0, 0.05) is 18.0 Å². The lowest BCUT2D eigenvalue weighted by Gasteiger charge is -2.15. The molecule has 1 aromatic heterocycles. The molecule has 112 valence electrons. The van der Waals surface area contributed by atoms with Crippen LogP contribution in [0.4, 0.5) is 0 Å². The number of ether oxygens (including phenoxy) is 3. The van der Waals surface area contributed by atoms with Crippen molar-refractivity contribution in [1.29, 1.82) is 0 Å². The molecular weight excluding hydrogens is 270 g/mol. The van der Waals surface area contributed by atoms with E-state index in [1.54, 1.807) is 38.7 Å². The lowest BCUT2D eigenvalue weighted by Crippen LogP contribution is -2.02. The summed E-state index contributed by atoms with van der Waals surface area (Å²) in [6, 6.07) is 5.47. The second-order valence-corrected chi connectivity index (χ2v) is 4.65. The number of aryl methyl sites for hydroxylation is 1. The smallest absolute Gasteiger partial charge is 0.203 e. The van der Waals surface area contributed by atoms with E-state index in [-0.39, 0.29) is 6.61 Å². The number of rotatable bonds is 6. The highest BCUT2D eigenvalue weighted by molar-refractivity contribution is 5.53. The quantitative estimate of drug-likeness (QED) is 0.885. The monoisotopic (exact) mass is 289 g/mol. The number of pyridine rings is 1. The average molecular weight is 289 g/mol. The minimum Gasteiger partial charge on any atom is -0.493 e. The fourth-order valence-corrected chi connectivity index (χ4v) is 2.02. The first kappa shape index (κ1) is 15.1. The maximum absolute atomic E-state index is 9.25. The maximum atomic E-state index is 9.25. The first-order valence-corrected chi connectivity index (χ1v) is 6.57. The van der Waals surface area contributed by atoms with E-state index in [0.29, 0.717) is 29.4 Å². The highest BCUT2D eigenvalue weighted by Crippen LogP contribution is 2.39. The van der Waals surface area contributed by atoms with E-state index in [1.165, 1.54) is 0 Å². The molecule has 1 aromatic carbocycles. The minimum atomic E-state index is -0.0885. The summed E-state index contributed by atoms with van der Waals surface area (Å²) in [5, 5.41) is 9.25. The third-order valence-electron chi connectivity index (χ3n) is 3.02. The standard InChI is InChI=1S/C16H19NO4/c1-11-4-13(8-17-7-11)10-21-16-14(19-2)5-12(9-18)6-15(16)20-3/h4-8,18H,9-10H2,1-3H3.